The van der Waals surface area contributed by atoms with Crippen molar-refractivity contribution in [1.29, 1.82) is 0 Å². The Hall–Kier alpha value is -0.910. The highest BCUT2D eigenvalue weighted by molar-refractivity contribution is 5.84. The third kappa shape index (κ3) is 17.3. The van der Waals surface area contributed by atoms with Crippen LogP contribution in [0.2, 0.25) is 0 Å². The monoisotopic (exact) mass is 206 g/mol. The molecule has 0 radical (unpaired) electrons. The first-order valence-corrected chi connectivity index (χ1v) is 4.12. The Morgan fingerprint density at radius 3 is 2.14 bits per heavy atom. The molecule has 0 aromatic rings. The molecule has 0 aromatic heterocycles. The molecule has 0 aliphatic heterocycles. The maximum Gasteiger partial charge on any atom is 0.330 e. The lowest BCUT2D eigenvalue weighted by atomic mass is 10.4. The molecule has 5 heteroatoms. The van der Waals surface area contributed by atoms with Crippen molar-refractivity contribution < 1.29 is 24.5 Å². The Balaban J connectivity index is 0. The van der Waals surface area contributed by atoms with Crippen molar-refractivity contribution in [3.8, 4) is 0 Å². The van der Waals surface area contributed by atoms with Crippen LogP contribution < -0.4 is 0 Å². The van der Waals surface area contributed by atoms with Crippen LogP contribution >= 0.6 is 0 Å². The number of aliphatic carboxylic acids is 1. The molecule has 0 amide bonds. The molecule has 0 bridgehead atoms. The van der Waals surface area contributed by atoms with Crippen LogP contribution in [-0.2, 0) is 14.3 Å². The Kier molecular flexibility index (Phi) is 13.4. The van der Waals surface area contributed by atoms with Gasteiger partial charge in [-0.25, -0.2) is 4.79 Å². The average molecular weight is 206 g/mol. The number of carbonyl (C=O) groups is 1. The van der Waals surface area contributed by atoms with Crippen molar-refractivity contribution >= 4 is 5.97 Å². The standard InChI is InChI=1S/C5H12O3.C4H6O2/c1-7-4-5-8-3-2-6;1-3(2)4(5)6/h6H,2-5H2,1H3;1H2,2H3,(H,5,6). The normalized spacial score (nSPS) is 8.79. The number of hydrogen-bond acceptors (Lipinski definition) is 4. The largest absolute Gasteiger partial charge is 0.478 e. The summed E-state index contributed by atoms with van der Waals surface area (Å²) in [6, 6.07) is 0. The summed E-state index contributed by atoms with van der Waals surface area (Å²) in [7, 11) is 1.61. The van der Waals surface area contributed by atoms with Crippen molar-refractivity contribution in [2.75, 3.05) is 33.5 Å². The van der Waals surface area contributed by atoms with Crippen LogP contribution in [0.5, 0.6) is 0 Å². The van der Waals surface area contributed by atoms with E-state index in [9.17, 15) is 4.79 Å². The molecule has 0 unspecified atom stereocenters. The first-order chi connectivity index (χ1) is 6.56. The minimum atomic E-state index is -0.935. The number of ether oxygens (including phenoxy) is 2. The molecule has 0 saturated heterocycles. The predicted molar refractivity (Wildman–Crippen MR) is 52.2 cm³/mol. The molecule has 0 spiro atoms. The van der Waals surface area contributed by atoms with E-state index in [1.165, 1.54) is 6.92 Å². The zero-order valence-corrected chi connectivity index (χ0v) is 8.65. The molecule has 0 aliphatic carbocycles. The van der Waals surface area contributed by atoms with Crippen LogP contribution in [0.25, 0.3) is 0 Å². The molecular weight excluding hydrogens is 188 g/mol. The highest BCUT2D eigenvalue weighted by atomic mass is 16.5. The van der Waals surface area contributed by atoms with Gasteiger partial charge in [-0.15, -0.1) is 0 Å². The summed E-state index contributed by atoms with van der Waals surface area (Å²) in [5.41, 5.74) is 0.176. The van der Waals surface area contributed by atoms with E-state index < -0.39 is 5.97 Å². The lowest BCUT2D eigenvalue weighted by Gasteiger charge is -1.98. The highest BCUT2D eigenvalue weighted by Crippen LogP contribution is 1.81. The summed E-state index contributed by atoms with van der Waals surface area (Å²) in [5.74, 6) is -0.935. The second kappa shape index (κ2) is 12.1. The molecule has 0 heterocycles. The van der Waals surface area contributed by atoms with Crippen LogP contribution in [0.1, 0.15) is 6.92 Å². The Morgan fingerprint density at radius 1 is 1.36 bits per heavy atom. The molecule has 0 saturated carbocycles. The zero-order valence-electron chi connectivity index (χ0n) is 8.65. The Morgan fingerprint density at radius 2 is 1.86 bits per heavy atom. The summed E-state index contributed by atoms with van der Waals surface area (Å²) >= 11 is 0. The molecule has 0 atom stereocenters. The van der Waals surface area contributed by atoms with Crippen LogP contribution in [-0.4, -0.2) is 49.7 Å². The molecule has 0 fully saturated rings. The average Bonchev–Trinajstić information content (AvgIpc) is 2.13. The summed E-state index contributed by atoms with van der Waals surface area (Å²) < 4.78 is 9.53. The summed E-state index contributed by atoms with van der Waals surface area (Å²) in [6.45, 7) is 6.26. The van der Waals surface area contributed by atoms with Gasteiger partial charge in [0.25, 0.3) is 0 Å². The number of methoxy groups -OCH3 is 1. The molecule has 0 aliphatic rings. The van der Waals surface area contributed by atoms with E-state index in [0.29, 0.717) is 19.8 Å². The van der Waals surface area contributed by atoms with Gasteiger partial charge in [0, 0.05) is 12.7 Å². The third-order valence-electron chi connectivity index (χ3n) is 1.03. The summed E-state index contributed by atoms with van der Waals surface area (Å²) in [5, 5.41) is 16.1. The van der Waals surface area contributed by atoms with Crippen LogP contribution in [0.4, 0.5) is 0 Å². The van der Waals surface area contributed by atoms with Gasteiger partial charge in [0.05, 0.1) is 26.4 Å². The van der Waals surface area contributed by atoms with Gasteiger partial charge in [-0.3, -0.25) is 0 Å². The first-order valence-electron chi connectivity index (χ1n) is 4.12. The number of rotatable bonds is 6. The maximum absolute atomic E-state index is 9.60. The second-order valence-corrected chi connectivity index (χ2v) is 2.41. The summed E-state index contributed by atoms with van der Waals surface area (Å²) in [6.07, 6.45) is 0. The SMILES string of the molecule is C=C(C)C(=O)O.COCCOCCO. The molecule has 14 heavy (non-hydrogen) atoms. The van der Waals surface area contributed by atoms with Gasteiger partial charge in [0.15, 0.2) is 0 Å². The van der Waals surface area contributed by atoms with Crippen molar-refractivity contribution in [3.05, 3.63) is 12.2 Å². The van der Waals surface area contributed by atoms with Crippen molar-refractivity contribution in [3.63, 3.8) is 0 Å². The van der Waals surface area contributed by atoms with Crippen LogP contribution in [0.3, 0.4) is 0 Å². The fourth-order valence-electron chi connectivity index (χ4n) is 0.309. The summed E-state index contributed by atoms with van der Waals surface area (Å²) in [4.78, 5) is 9.60. The predicted octanol–water partition coefficient (Wildman–Crippen LogP) is 0.289. The van der Waals surface area contributed by atoms with Gasteiger partial charge in [0.2, 0.25) is 0 Å². The second-order valence-electron chi connectivity index (χ2n) is 2.41. The fraction of sp³-hybridized carbons (Fsp3) is 0.667. The number of carboxylic acid groups (broad SMARTS) is 1. The number of carboxylic acids is 1. The van der Waals surface area contributed by atoms with E-state index in [1.807, 2.05) is 0 Å². The van der Waals surface area contributed by atoms with Gasteiger partial charge < -0.3 is 19.7 Å². The minimum Gasteiger partial charge on any atom is -0.478 e. The molecule has 0 aromatic carbocycles. The van der Waals surface area contributed by atoms with E-state index in [4.69, 9.17) is 14.9 Å². The molecule has 84 valence electrons. The first kappa shape index (κ1) is 15.6. The fourth-order valence-corrected chi connectivity index (χ4v) is 0.309. The smallest absolute Gasteiger partial charge is 0.330 e. The Labute approximate surface area is 84.0 Å². The molecule has 2 N–H and O–H groups in total. The van der Waals surface area contributed by atoms with Gasteiger partial charge in [0.1, 0.15) is 0 Å². The van der Waals surface area contributed by atoms with Gasteiger partial charge in [-0.05, 0) is 6.92 Å². The topological polar surface area (TPSA) is 76.0 Å². The number of aliphatic hydroxyl groups is 1. The molecule has 5 nitrogen and oxygen atoms in total. The van der Waals surface area contributed by atoms with Gasteiger partial charge in [-0.2, -0.15) is 0 Å². The quantitative estimate of drug-likeness (QED) is 0.482. The number of aliphatic hydroxyl groups excluding tert-OH is 1. The molecule has 0 rings (SSSR count). The van der Waals surface area contributed by atoms with Crippen molar-refractivity contribution in [2.24, 2.45) is 0 Å². The van der Waals surface area contributed by atoms with E-state index in [1.54, 1.807) is 7.11 Å². The van der Waals surface area contributed by atoms with E-state index >= 15 is 0 Å². The van der Waals surface area contributed by atoms with Crippen molar-refractivity contribution in [2.45, 2.75) is 6.92 Å². The van der Waals surface area contributed by atoms with Gasteiger partial charge >= 0.3 is 5.97 Å². The minimum absolute atomic E-state index is 0.0870. The molecular formula is C9H18O5. The van der Waals surface area contributed by atoms with Gasteiger partial charge in [-0.1, -0.05) is 6.58 Å². The van der Waals surface area contributed by atoms with E-state index in [0.717, 1.165) is 0 Å². The lowest BCUT2D eigenvalue weighted by molar-refractivity contribution is -0.132. The zero-order chi connectivity index (χ0) is 11.4. The lowest BCUT2D eigenvalue weighted by Crippen LogP contribution is -2.05. The van der Waals surface area contributed by atoms with Crippen LogP contribution in [0.15, 0.2) is 12.2 Å². The van der Waals surface area contributed by atoms with Crippen LogP contribution in [0, 0.1) is 0 Å². The number of hydrogen-bond donors (Lipinski definition) is 2. The van der Waals surface area contributed by atoms with Crippen molar-refractivity contribution in [1.82, 2.24) is 0 Å². The highest BCUT2D eigenvalue weighted by Gasteiger charge is 1.90. The third-order valence-corrected chi connectivity index (χ3v) is 1.03. The van der Waals surface area contributed by atoms with E-state index in [2.05, 4.69) is 11.3 Å². The van der Waals surface area contributed by atoms with E-state index in [-0.39, 0.29) is 12.2 Å². The maximum atomic E-state index is 9.60. The Bertz CT molecular complexity index is 137.